The fourth-order valence-electron chi connectivity index (χ4n) is 0.567. The molecule has 0 atom stereocenters. The Morgan fingerprint density at radius 1 is 1.80 bits per heavy atom. The molecule has 0 fully saturated rings. The molecule has 1 rings (SSSR count). The van der Waals surface area contributed by atoms with Gasteiger partial charge in [0.25, 0.3) is 5.91 Å². The number of aliphatic hydroxyl groups excluding tert-OH is 1. The number of hydrogen-bond acceptors (Lipinski definition) is 3. The maximum Gasteiger partial charge on any atom is 0.263 e. The van der Waals surface area contributed by atoms with E-state index in [9.17, 15) is 4.79 Å². The summed E-state index contributed by atoms with van der Waals surface area (Å²) in [7, 11) is 0. The number of rotatable bonds is 2. The van der Waals surface area contributed by atoms with Crippen molar-refractivity contribution in [1.29, 1.82) is 0 Å². The number of aliphatic hydroxyl groups is 1. The smallest absolute Gasteiger partial charge is 0.263 e. The molecular formula is C6H7NO2S. The van der Waals surface area contributed by atoms with Crippen molar-refractivity contribution in [2.45, 2.75) is 0 Å². The summed E-state index contributed by atoms with van der Waals surface area (Å²) in [6.07, 6.45) is 0. The van der Waals surface area contributed by atoms with Gasteiger partial charge in [-0.3, -0.25) is 4.79 Å². The van der Waals surface area contributed by atoms with E-state index in [1.54, 1.807) is 12.1 Å². The van der Waals surface area contributed by atoms with Crippen molar-refractivity contribution < 1.29 is 9.90 Å². The van der Waals surface area contributed by atoms with Gasteiger partial charge in [0.2, 0.25) is 0 Å². The van der Waals surface area contributed by atoms with Crippen molar-refractivity contribution in [3.05, 3.63) is 22.4 Å². The second-order valence-electron chi connectivity index (χ2n) is 1.64. The number of hydrogen-bond donors (Lipinski definition) is 2. The van der Waals surface area contributed by atoms with Crippen molar-refractivity contribution in [2.24, 2.45) is 0 Å². The maximum atomic E-state index is 10.8. The first-order valence-corrected chi connectivity index (χ1v) is 3.65. The minimum absolute atomic E-state index is 0.225. The van der Waals surface area contributed by atoms with Crippen molar-refractivity contribution in [3.63, 3.8) is 0 Å². The molecule has 0 saturated carbocycles. The molecule has 54 valence electrons. The standard InChI is InChI=1S/C6H7NO2S/c8-4-7-6(9)5-2-1-3-10-5/h1-3,8H,4H2,(H,7,9). The zero-order valence-electron chi connectivity index (χ0n) is 5.20. The van der Waals surface area contributed by atoms with E-state index in [0.717, 1.165) is 0 Å². The molecule has 0 bridgehead atoms. The lowest BCUT2D eigenvalue weighted by molar-refractivity contribution is 0.0914. The van der Waals surface area contributed by atoms with Crippen LogP contribution >= 0.6 is 11.3 Å². The zero-order valence-corrected chi connectivity index (χ0v) is 6.02. The van der Waals surface area contributed by atoms with Crippen LogP contribution in [-0.4, -0.2) is 17.7 Å². The van der Waals surface area contributed by atoms with Crippen molar-refractivity contribution in [2.75, 3.05) is 6.73 Å². The summed E-state index contributed by atoms with van der Waals surface area (Å²) in [6.45, 7) is -0.309. The normalized spacial score (nSPS) is 9.30. The largest absolute Gasteiger partial charge is 0.376 e. The molecule has 0 radical (unpaired) electrons. The minimum atomic E-state index is -0.309. The molecule has 0 aliphatic heterocycles. The number of carbonyl (C=O) groups is 1. The fourth-order valence-corrected chi connectivity index (χ4v) is 1.21. The summed E-state index contributed by atoms with van der Waals surface area (Å²) < 4.78 is 0. The van der Waals surface area contributed by atoms with Gasteiger partial charge in [0, 0.05) is 0 Å². The van der Waals surface area contributed by atoms with Crippen LogP contribution in [0.15, 0.2) is 17.5 Å². The van der Waals surface area contributed by atoms with Gasteiger partial charge in [-0.15, -0.1) is 11.3 Å². The Hall–Kier alpha value is -0.870. The number of nitrogens with one attached hydrogen (secondary N) is 1. The van der Waals surface area contributed by atoms with Crippen LogP contribution in [0.25, 0.3) is 0 Å². The molecule has 4 heteroatoms. The Morgan fingerprint density at radius 2 is 2.60 bits per heavy atom. The molecule has 1 aromatic rings. The molecule has 1 aromatic heterocycles. The third-order valence-corrected chi connectivity index (χ3v) is 1.85. The summed E-state index contributed by atoms with van der Waals surface area (Å²) in [4.78, 5) is 11.5. The third kappa shape index (κ3) is 1.55. The monoisotopic (exact) mass is 157 g/mol. The number of carbonyl (C=O) groups excluding carboxylic acids is 1. The average molecular weight is 157 g/mol. The van der Waals surface area contributed by atoms with Gasteiger partial charge in [0.1, 0.15) is 6.73 Å². The molecule has 2 N–H and O–H groups in total. The first-order chi connectivity index (χ1) is 4.84. The molecule has 1 amide bonds. The Morgan fingerprint density at radius 3 is 3.10 bits per heavy atom. The number of thiophene rings is 1. The highest BCUT2D eigenvalue weighted by atomic mass is 32.1. The first kappa shape index (κ1) is 7.24. The van der Waals surface area contributed by atoms with E-state index in [-0.39, 0.29) is 12.6 Å². The summed E-state index contributed by atoms with van der Waals surface area (Å²) in [5.41, 5.74) is 0. The van der Waals surface area contributed by atoms with Crippen LogP contribution in [0.3, 0.4) is 0 Å². The predicted molar refractivity (Wildman–Crippen MR) is 38.9 cm³/mol. The second kappa shape index (κ2) is 3.34. The fraction of sp³-hybridized carbons (Fsp3) is 0.167. The van der Waals surface area contributed by atoms with Gasteiger partial charge in [0.05, 0.1) is 4.88 Å². The van der Waals surface area contributed by atoms with E-state index < -0.39 is 0 Å². The van der Waals surface area contributed by atoms with E-state index in [1.807, 2.05) is 5.38 Å². The molecule has 0 aromatic carbocycles. The lowest BCUT2D eigenvalue weighted by atomic mass is 10.4. The quantitative estimate of drug-likeness (QED) is 0.611. The Labute approximate surface area is 62.3 Å². The predicted octanol–water partition coefficient (Wildman–Crippen LogP) is 0.428. The van der Waals surface area contributed by atoms with Crippen LogP contribution in [0.5, 0.6) is 0 Å². The van der Waals surface area contributed by atoms with Gasteiger partial charge in [-0.25, -0.2) is 0 Å². The average Bonchev–Trinajstić information content (AvgIpc) is 2.38. The van der Waals surface area contributed by atoms with Crippen LogP contribution in [-0.2, 0) is 0 Å². The second-order valence-corrected chi connectivity index (χ2v) is 2.59. The van der Waals surface area contributed by atoms with E-state index >= 15 is 0 Å². The zero-order chi connectivity index (χ0) is 7.40. The SMILES string of the molecule is O=C(NCO)c1cccs1. The first-order valence-electron chi connectivity index (χ1n) is 2.77. The van der Waals surface area contributed by atoms with Gasteiger partial charge in [-0.1, -0.05) is 6.07 Å². The maximum absolute atomic E-state index is 10.8. The van der Waals surface area contributed by atoms with E-state index in [2.05, 4.69) is 5.32 Å². The summed E-state index contributed by atoms with van der Waals surface area (Å²) in [5, 5.41) is 12.4. The molecule has 0 aliphatic rings. The topological polar surface area (TPSA) is 49.3 Å². The Kier molecular flexibility index (Phi) is 2.42. The van der Waals surface area contributed by atoms with Crippen LogP contribution in [0.4, 0.5) is 0 Å². The van der Waals surface area contributed by atoms with Gasteiger partial charge in [0.15, 0.2) is 0 Å². The molecule has 3 nitrogen and oxygen atoms in total. The highest BCUT2D eigenvalue weighted by Gasteiger charge is 2.02. The molecule has 0 aliphatic carbocycles. The Bertz CT molecular complexity index is 208. The molecule has 0 spiro atoms. The summed E-state index contributed by atoms with van der Waals surface area (Å²) >= 11 is 1.35. The van der Waals surface area contributed by atoms with Crippen molar-refractivity contribution in [3.8, 4) is 0 Å². The van der Waals surface area contributed by atoms with E-state index in [1.165, 1.54) is 11.3 Å². The minimum Gasteiger partial charge on any atom is -0.376 e. The van der Waals surface area contributed by atoms with Gasteiger partial charge in [-0.05, 0) is 11.4 Å². The molecule has 0 saturated heterocycles. The molecular weight excluding hydrogens is 150 g/mol. The highest BCUT2D eigenvalue weighted by Crippen LogP contribution is 2.06. The summed E-state index contributed by atoms with van der Waals surface area (Å²) in [5.74, 6) is -0.225. The van der Waals surface area contributed by atoms with Gasteiger partial charge < -0.3 is 10.4 Å². The van der Waals surface area contributed by atoms with E-state index in [4.69, 9.17) is 5.11 Å². The molecule has 0 unspecified atom stereocenters. The van der Waals surface area contributed by atoms with E-state index in [0.29, 0.717) is 4.88 Å². The molecule has 10 heavy (non-hydrogen) atoms. The van der Waals surface area contributed by atoms with Gasteiger partial charge in [-0.2, -0.15) is 0 Å². The van der Waals surface area contributed by atoms with Gasteiger partial charge >= 0.3 is 0 Å². The van der Waals surface area contributed by atoms with Crippen LogP contribution in [0, 0.1) is 0 Å². The highest BCUT2D eigenvalue weighted by molar-refractivity contribution is 7.12. The number of amides is 1. The van der Waals surface area contributed by atoms with Crippen molar-refractivity contribution >= 4 is 17.2 Å². The lowest BCUT2D eigenvalue weighted by Gasteiger charge is -1.95. The Balaban J connectivity index is 2.59. The van der Waals surface area contributed by atoms with Crippen LogP contribution < -0.4 is 5.32 Å². The lowest BCUT2D eigenvalue weighted by Crippen LogP contribution is -2.22. The summed E-state index contributed by atoms with van der Waals surface area (Å²) in [6, 6.07) is 3.49. The van der Waals surface area contributed by atoms with Crippen LogP contribution in [0.2, 0.25) is 0 Å². The third-order valence-electron chi connectivity index (χ3n) is 0.985. The molecule has 1 heterocycles. The van der Waals surface area contributed by atoms with Crippen LogP contribution in [0.1, 0.15) is 9.67 Å². The van der Waals surface area contributed by atoms with Crippen molar-refractivity contribution in [1.82, 2.24) is 5.32 Å².